The third kappa shape index (κ3) is 1.78. The quantitative estimate of drug-likeness (QED) is 0.812. The van der Waals surface area contributed by atoms with Crippen molar-refractivity contribution in [3.8, 4) is 10.6 Å². The largest absolute Gasteiger partial charge is 0.329 e. The zero-order valence-corrected chi connectivity index (χ0v) is 9.29. The van der Waals surface area contributed by atoms with Crippen LogP contribution in [-0.2, 0) is 0 Å². The Hall–Kier alpha value is -0.760. The van der Waals surface area contributed by atoms with Crippen LogP contribution in [0.2, 0.25) is 0 Å². The van der Waals surface area contributed by atoms with Crippen LogP contribution in [0, 0.1) is 3.01 Å². The number of pyridine rings is 1. The highest BCUT2D eigenvalue weighted by atomic mass is 127. The number of aromatic nitrogens is 3. The zero-order valence-electron chi connectivity index (χ0n) is 6.32. The first-order valence-electron chi connectivity index (χ1n) is 3.44. The fourth-order valence-corrected chi connectivity index (χ4v) is 2.23. The lowest BCUT2D eigenvalue weighted by molar-refractivity contribution is 1.07. The Bertz CT molecular complexity index is 478. The van der Waals surface area contributed by atoms with Crippen LogP contribution in [0.5, 0.6) is 0 Å². The minimum Gasteiger partial charge on any atom is -0.329 e. The first-order valence-corrected chi connectivity index (χ1v) is 5.34. The van der Waals surface area contributed by atoms with Crippen molar-refractivity contribution in [3.63, 3.8) is 0 Å². The van der Waals surface area contributed by atoms with Crippen LogP contribution < -0.4 is 5.56 Å². The summed E-state index contributed by atoms with van der Waals surface area (Å²) >= 11 is 3.47. The summed E-state index contributed by atoms with van der Waals surface area (Å²) in [5.74, 6) is 0. The maximum Gasteiger partial charge on any atom is 0.258 e. The first-order chi connectivity index (χ1) is 6.27. The van der Waals surface area contributed by atoms with E-state index in [4.69, 9.17) is 0 Å². The molecule has 0 atom stereocenters. The summed E-state index contributed by atoms with van der Waals surface area (Å²) < 4.78 is 0.829. The van der Waals surface area contributed by atoms with Gasteiger partial charge in [0, 0.05) is 6.20 Å². The van der Waals surface area contributed by atoms with Gasteiger partial charge in [0.05, 0.1) is 5.56 Å². The summed E-state index contributed by atoms with van der Waals surface area (Å²) in [6, 6.07) is 3.50. The number of hydrogen-bond donors (Lipinski definition) is 1. The lowest BCUT2D eigenvalue weighted by Gasteiger charge is -1.90. The van der Waals surface area contributed by atoms with E-state index in [1.807, 2.05) is 0 Å². The maximum absolute atomic E-state index is 11.3. The summed E-state index contributed by atoms with van der Waals surface area (Å²) in [7, 11) is 0. The molecule has 0 spiro atoms. The highest BCUT2D eigenvalue weighted by molar-refractivity contribution is 14.1. The monoisotopic (exact) mass is 305 g/mol. The van der Waals surface area contributed by atoms with Gasteiger partial charge in [0.2, 0.25) is 0 Å². The van der Waals surface area contributed by atoms with Crippen LogP contribution >= 0.6 is 33.9 Å². The van der Waals surface area contributed by atoms with Gasteiger partial charge in [0.15, 0.2) is 8.02 Å². The molecular formula is C7H4IN3OS. The van der Waals surface area contributed by atoms with Gasteiger partial charge in [-0.2, -0.15) is 0 Å². The molecule has 0 amide bonds. The lowest BCUT2D eigenvalue weighted by Crippen LogP contribution is -2.06. The summed E-state index contributed by atoms with van der Waals surface area (Å²) in [6.45, 7) is 0. The average Bonchev–Trinajstić information content (AvgIpc) is 2.53. The molecule has 13 heavy (non-hydrogen) atoms. The van der Waals surface area contributed by atoms with Crippen molar-refractivity contribution >= 4 is 33.9 Å². The standard InChI is InChI=1S/C7H4IN3OS/c8-7-11-10-6(13-7)4-2-1-3-9-5(4)12/h1-3H,(H,9,12). The second-order valence-corrected chi connectivity index (χ2v) is 5.00. The van der Waals surface area contributed by atoms with Crippen molar-refractivity contribution in [3.05, 3.63) is 31.7 Å². The molecule has 0 saturated heterocycles. The van der Waals surface area contributed by atoms with Crippen LogP contribution in [0.15, 0.2) is 23.1 Å². The van der Waals surface area contributed by atoms with Crippen molar-refractivity contribution in [2.24, 2.45) is 0 Å². The van der Waals surface area contributed by atoms with E-state index < -0.39 is 0 Å². The van der Waals surface area contributed by atoms with E-state index in [2.05, 4.69) is 37.8 Å². The summed E-state index contributed by atoms with van der Waals surface area (Å²) in [6.07, 6.45) is 1.60. The highest BCUT2D eigenvalue weighted by Gasteiger charge is 2.07. The van der Waals surface area contributed by atoms with Crippen molar-refractivity contribution in [1.82, 2.24) is 15.2 Å². The second-order valence-electron chi connectivity index (χ2n) is 2.27. The van der Waals surface area contributed by atoms with E-state index in [-0.39, 0.29) is 5.56 Å². The molecule has 6 heteroatoms. The average molecular weight is 305 g/mol. The van der Waals surface area contributed by atoms with Gasteiger partial charge in [-0.3, -0.25) is 4.79 Å². The number of hydrogen-bond acceptors (Lipinski definition) is 4. The normalized spacial score (nSPS) is 10.2. The van der Waals surface area contributed by atoms with Gasteiger partial charge in [-0.1, -0.05) is 11.3 Å². The molecule has 2 aromatic heterocycles. The molecule has 2 heterocycles. The molecule has 0 aliphatic rings. The van der Waals surface area contributed by atoms with Crippen molar-refractivity contribution in [2.45, 2.75) is 0 Å². The Morgan fingerprint density at radius 2 is 2.31 bits per heavy atom. The van der Waals surface area contributed by atoms with Crippen LogP contribution in [0.1, 0.15) is 0 Å². The molecule has 0 aliphatic carbocycles. The van der Waals surface area contributed by atoms with Gasteiger partial charge in [-0.15, -0.1) is 10.2 Å². The predicted molar refractivity (Wildman–Crippen MR) is 58.7 cm³/mol. The van der Waals surface area contributed by atoms with Gasteiger partial charge in [0.25, 0.3) is 5.56 Å². The smallest absolute Gasteiger partial charge is 0.258 e. The Morgan fingerprint density at radius 3 is 2.92 bits per heavy atom. The SMILES string of the molecule is O=c1[nH]cccc1-c1nnc(I)s1. The maximum atomic E-state index is 11.3. The Kier molecular flexibility index (Phi) is 2.40. The lowest BCUT2D eigenvalue weighted by atomic mass is 10.3. The third-order valence-corrected chi connectivity index (χ3v) is 3.07. The van der Waals surface area contributed by atoms with Crippen LogP contribution in [0.25, 0.3) is 10.6 Å². The number of nitrogens with zero attached hydrogens (tertiary/aromatic N) is 2. The molecule has 0 radical (unpaired) electrons. The second kappa shape index (κ2) is 3.54. The molecule has 2 rings (SSSR count). The number of H-pyrrole nitrogens is 1. The molecule has 2 aromatic rings. The third-order valence-electron chi connectivity index (χ3n) is 1.45. The molecule has 0 aliphatic heterocycles. The van der Waals surface area contributed by atoms with E-state index >= 15 is 0 Å². The van der Waals surface area contributed by atoms with Gasteiger partial charge >= 0.3 is 0 Å². The molecule has 0 aromatic carbocycles. The Labute approximate surface area is 91.2 Å². The fourth-order valence-electron chi connectivity index (χ4n) is 0.904. The summed E-state index contributed by atoms with van der Waals surface area (Å²) in [5, 5.41) is 8.38. The van der Waals surface area contributed by atoms with Crippen LogP contribution in [-0.4, -0.2) is 15.2 Å². The molecule has 4 nitrogen and oxygen atoms in total. The van der Waals surface area contributed by atoms with Gasteiger partial charge in [-0.05, 0) is 34.7 Å². The molecule has 0 saturated carbocycles. The Balaban J connectivity index is 2.59. The summed E-state index contributed by atoms with van der Waals surface area (Å²) in [4.78, 5) is 13.9. The molecule has 66 valence electrons. The van der Waals surface area contributed by atoms with E-state index in [1.165, 1.54) is 11.3 Å². The molecule has 1 N–H and O–H groups in total. The zero-order chi connectivity index (χ0) is 9.26. The first kappa shape index (κ1) is 8.82. The Morgan fingerprint density at radius 1 is 1.46 bits per heavy atom. The predicted octanol–water partition coefficient (Wildman–Crippen LogP) is 1.50. The fraction of sp³-hybridized carbons (Fsp3) is 0. The molecule has 0 fully saturated rings. The highest BCUT2D eigenvalue weighted by Crippen LogP contribution is 2.20. The van der Waals surface area contributed by atoms with Gasteiger partial charge in [0.1, 0.15) is 0 Å². The molecule has 0 unspecified atom stereocenters. The summed E-state index contributed by atoms with van der Waals surface area (Å²) in [5.41, 5.74) is 0.443. The van der Waals surface area contributed by atoms with E-state index in [1.54, 1.807) is 18.3 Å². The number of nitrogens with one attached hydrogen (secondary N) is 1. The van der Waals surface area contributed by atoms with E-state index in [0.717, 1.165) is 3.01 Å². The van der Waals surface area contributed by atoms with Crippen molar-refractivity contribution in [1.29, 1.82) is 0 Å². The molecular weight excluding hydrogens is 301 g/mol. The topological polar surface area (TPSA) is 58.6 Å². The number of halogens is 1. The number of rotatable bonds is 1. The van der Waals surface area contributed by atoms with Crippen molar-refractivity contribution < 1.29 is 0 Å². The minimum atomic E-state index is -0.130. The number of aromatic amines is 1. The minimum absolute atomic E-state index is 0.130. The van der Waals surface area contributed by atoms with Gasteiger partial charge in [-0.25, -0.2) is 0 Å². The van der Waals surface area contributed by atoms with Crippen LogP contribution in [0.4, 0.5) is 0 Å². The van der Waals surface area contributed by atoms with Crippen LogP contribution in [0.3, 0.4) is 0 Å². The van der Waals surface area contributed by atoms with Crippen molar-refractivity contribution in [2.75, 3.05) is 0 Å². The van der Waals surface area contributed by atoms with E-state index in [9.17, 15) is 4.79 Å². The van der Waals surface area contributed by atoms with E-state index in [0.29, 0.717) is 10.6 Å². The van der Waals surface area contributed by atoms with Gasteiger partial charge < -0.3 is 4.98 Å². The molecule has 0 bridgehead atoms.